The average Bonchev–Trinajstić information content (AvgIpc) is 2.78. The number of hydrogen-bond donors (Lipinski definition) is 0. The van der Waals surface area contributed by atoms with Crippen molar-refractivity contribution in [1.29, 1.82) is 0 Å². The van der Waals surface area contributed by atoms with E-state index < -0.39 is 9.85 Å². The van der Waals surface area contributed by atoms with Gasteiger partial charge in [-0.15, -0.1) is 0 Å². The van der Waals surface area contributed by atoms with E-state index in [1.807, 2.05) is 4.90 Å². The summed E-state index contributed by atoms with van der Waals surface area (Å²) in [5, 5.41) is 22.8. The van der Waals surface area contributed by atoms with Gasteiger partial charge in [0.05, 0.1) is 29.6 Å². The zero-order valence-corrected chi connectivity index (χ0v) is 17.1. The van der Waals surface area contributed by atoms with Gasteiger partial charge in [-0.3, -0.25) is 25.0 Å². The first-order valence-electron chi connectivity index (χ1n) is 9.63. The fraction of sp³-hybridized carbons (Fsp3) is 0.350. The first-order valence-corrected chi connectivity index (χ1v) is 9.63. The Morgan fingerprint density at radius 1 is 1.00 bits per heavy atom. The maximum absolute atomic E-state index is 12.9. The molecule has 2 aromatic carbocycles. The fourth-order valence-corrected chi connectivity index (χ4v) is 3.45. The van der Waals surface area contributed by atoms with Crippen LogP contribution in [0, 0.1) is 20.2 Å². The van der Waals surface area contributed by atoms with E-state index in [-0.39, 0.29) is 35.2 Å². The Morgan fingerprint density at radius 3 is 2.26 bits per heavy atom. The maximum Gasteiger partial charge on any atom is 0.311 e. The number of carbonyl (C=O) groups is 1. The fourth-order valence-electron chi connectivity index (χ4n) is 3.45. The summed E-state index contributed by atoms with van der Waals surface area (Å²) >= 11 is 0. The number of benzene rings is 2. The van der Waals surface area contributed by atoms with Crippen LogP contribution in [0.15, 0.2) is 36.4 Å². The number of nitro benzene ring substituents is 2. The molecule has 1 aliphatic heterocycles. The van der Waals surface area contributed by atoms with E-state index in [1.165, 1.54) is 31.4 Å². The van der Waals surface area contributed by atoms with Crippen LogP contribution in [0.2, 0.25) is 0 Å². The Balaban J connectivity index is 1.74. The molecule has 0 aromatic heterocycles. The predicted octanol–water partition coefficient (Wildman–Crippen LogP) is 2.87. The van der Waals surface area contributed by atoms with Crippen molar-refractivity contribution in [3.63, 3.8) is 0 Å². The summed E-state index contributed by atoms with van der Waals surface area (Å²) in [5.41, 5.74) is 0.315. The number of ether oxygens (including phenoxy) is 2. The van der Waals surface area contributed by atoms with Gasteiger partial charge >= 0.3 is 5.69 Å². The number of piperazine rings is 1. The van der Waals surface area contributed by atoms with E-state index in [0.717, 1.165) is 0 Å². The molecule has 0 bridgehead atoms. The van der Waals surface area contributed by atoms with E-state index in [1.54, 1.807) is 24.0 Å². The molecule has 1 saturated heterocycles. The average molecular weight is 430 g/mol. The van der Waals surface area contributed by atoms with Gasteiger partial charge in [-0.1, -0.05) is 0 Å². The van der Waals surface area contributed by atoms with Gasteiger partial charge in [-0.2, -0.15) is 0 Å². The van der Waals surface area contributed by atoms with Crippen LogP contribution in [0.3, 0.4) is 0 Å². The van der Waals surface area contributed by atoms with Gasteiger partial charge in [0.25, 0.3) is 11.6 Å². The highest BCUT2D eigenvalue weighted by Crippen LogP contribution is 2.33. The van der Waals surface area contributed by atoms with Crippen molar-refractivity contribution in [3.05, 3.63) is 62.2 Å². The quantitative estimate of drug-likeness (QED) is 0.484. The van der Waals surface area contributed by atoms with Crippen LogP contribution in [0.4, 0.5) is 17.1 Å². The number of carbonyl (C=O) groups excluding carboxylic acids is 1. The number of methoxy groups -OCH3 is 1. The molecule has 3 rings (SSSR count). The van der Waals surface area contributed by atoms with Crippen molar-refractivity contribution < 1.29 is 24.1 Å². The molecule has 11 heteroatoms. The van der Waals surface area contributed by atoms with Crippen LogP contribution in [-0.4, -0.2) is 60.5 Å². The highest BCUT2D eigenvalue weighted by Gasteiger charge is 2.28. The van der Waals surface area contributed by atoms with Crippen LogP contribution in [0.5, 0.6) is 11.5 Å². The number of rotatable bonds is 7. The zero-order chi connectivity index (χ0) is 22.5. The third kappa shape index (κ3) is 4.65. The number of hydrogen-bond acceptors (Lipinski definition) is 8. The Kier molecular flexibility index (Phi) is 6.53. The second kappa shape index (κ2) is 9.28. The van der Waals surface area contributed by atoms with Crippen LogP contribution < -0.4 is 14.4 Å². The monoisotopic (exact) mass is 430 g/mol. The van der Waals surface area contributed by atoms with Gasteiger partial charge in [-0.25, -0.2) is 0 Å². The SMILES string of the molecule is CCOc1ccc(C(=O)N2CCN(c3ccc(OC)cc3[N+](=O)[O-])CC2)cc1[N+](=O)[O-]. The second-order valence-corrected chi connectivity index (χ2v) is 6.76. The predicted molar refractivity (Wildman–Crippen MR) is 112 cm³/mol. The topological polar surface area (TPSA) is 128 Å². The lowest BCUT2D eigenvalue weighted by atomic mass is 10.1. The molecule has 0 N–H and O–H groups in total. The molecule has 1 aliphatic rings. The lowest BCUT2D eigenvalue weighted by Gasteiger charge is -2.35. The summed E-state index contributed by atoms with van der Waals surface area (Å²) in [5.74, 6) is 0.164. The maximum atomic E-state index is 12.9. The lowest BCUT2D eigenvalue weighted by molar-refractivity contribution is -0.385. The molecule has 0 radical (unpaired) electrons. The molecule has 0 unspecified atom stereocenters. The Hall–Kier alpha value is -3.89. The van der Waals surface area contributed by atoms with Gasteiger partial charge in [0.2, 0.25) is 0 Å². The molecule has 31 heavy (non-hydrogen) atoms. The molecule has 0 saturated carbocycles. The van der Waals surface area contributed by atoms with E-state index in [4.69, 9.17) is 9.47 Å². The van der Waals surface area contributed by atoms with Crippen molar-refractivity contribution in [3.8, 4) is 11.5 Å². The van der Waals surface area contributed by atoms with Crippen LogP contribution >= 0.6 is 0 Å². The third-order valence-corrected chi connectivity index (χ3v) is 4.99. The normalized spacial score (nSPS) is 13.6. The minimum absolute atomic E-state index is 0.0683. The van der Waals surface area contributed by atoms with Crippen molar-refractivity contribution >= 4 is 23.0 Å². The first-order chi connectivity index (χ1) is 14.8. The lowest BCUT2D eigenvalue weighted by Crippen LogP contribution is -2.49. The molecule has 0 atom stereocenters. The van der Waals surface area contributed by atoms with Crippen LogP contribution in [-0.2, 0) is 0 Å². The van der Waals surface area contributed by atoms with Gasteiger partial charge in [0.1, 0.15) is 11.4 Å². The van der Waals surface area contributed by atoms with Gasteiger partial charge in [-0.05, 0) is 31.2 Å². The van der Waals surface area contributed by atoms with Crippen molar-refractivity contribution in [2.24, 2.45) is 0 Å². The molecule has 1 amide bonds. The molecule has 2 aromatic rings. The van der Waals surface area contributed by atoms with Crippen molar-refractivity contribution in [2.75, 3.05) is 44.8 Å². The Bertz CT molecular complexity index is 1000. The van der Waals surface area contributed by atoms with Gasteiger partial charge in [0.15, 0.2) is 5.75 Å². The molecule has 1 heterocycles. The Labute approximate surface area is 178 Å². The van der Waals surface area contributed by atoms with Crippen molar-refractivity contribution in [1.82, 2.24) is 4.90 Å². The summed E-state index contributed by atoms with van der Waals surface area (Å²) in [6.45, 7) is 3.41. The molecular weight excluding hydrogens is 408 g/mol. The second-order valence-electron chi connectivity index (χ2n) is 6.76. The smallest absolute Gasteiger partial charge is 0.311 e. The first kappa shape index (κ1) is 21.8. The molecule has 0 aliphatic carbocycles. The Morgan fingerprint density at radius 2 is 1.68 bits per heavy atom. The highest BCUT2D eigenvalue weighted by atomic mass is 16.6. The van der Waals surface area contributed by atoms with Crippen molar-refractivity contribution in [2.45, 2.75) is 6.92 Å². The van der Waals surface area contributed by atoms with Crippen LogP contribution in [0.1, 0.15) is 17.3 Å². The minimum Gasteiger partial charge on any atom is -0.496 e. The summed E-state index contributed by atoms with van der Waals surface area (Å²) in [6.07, 6.45) is 0. The minimum atomic E-state index is -0.581. The summed E-state index contributed by atoms with van der Waals surface area (Å²) in [4.78, 5) is 38.0. The molecule has 11 nitrogen and oxygen atoms in total. The number of nitrogens with zero attached hydrogens (tertiary/aromatic N) is 4. The van der Waals surface area contributed by atoms with Gasteiger partial charge < -0.3 is 19.3 Å². The third-order valence-electron chi connectivity index (χ3n) is 4.99. The van der Waals surface area contributed by atoms with E-state index in [9.17, 15) is 25.0 Å². The number of nitro groups is 2. The number of amides is 1. The standard InChI is InChI=1S/C20H22N4O7/c1-3-31-19-7-4-14(12-18(19)24(28)29)20(25)22-10-8-21(9-11-22)16-6-5-15(30-2)13-17(16)23(26)27/h4-7,12-13H,3,8-11H2,1-2H3. The van der Waals surface area contributed by atoms with Gasteiger partial charge in [0, 0.05) is 37.8 Å². The molecule has 1 fully saturated rings. The highest BCUT2D eigenvalue weighted by molar-refractivity contribution is 5.95. The molecule has 0 spiro atoms. The van der Waals surface area contributed by atoms with E-state index >= 15 is 0 Å². The van der Waals surface area contributed by atoms with E-state index in [0.29, 0.717) is 37.6 Å². The largest absolute Gasteiger partial charge is 0.496 e. The summed E-state index contributed by atoms with van der Waals surface area (Å²) in [7, 11) is 1.44. The summed E-state index contributed by atoms with van der Waals surface area (Å²) < 4.78 is 10.3. The zero-order valence-electron chi connectivity index (χ0n) is 17.1. The molecule has 164 valence electrons. The molecular formula is C20H22N4O7. The van der Waals surface area contributed by atoms with Crippen LogP contribution in [0.25, 0.3) is 0 Å². The van der Waals surface area contributed by atoms with E-state index in [2.05, 4.69) is 0 Å². The summed E-state index contributed by atoms with van der Waals surface area (Å²) in [6, 6.07) is 8.79. The number of anilines is 1.